The predicted molar refractivity (Wildman–Crippen MR) is 93.1 cm³/mol. The molecule has 4 fully saturated rings. The van der Waals surface area contributed by atoms with Crippen molar-refractivity contribution in [1.82, 2.24) is 10.6 Å². The first-order valence-electron chi connectivity index (χ1n) is 8.61. The van der Waals surface area contributed by atoms with Crippen LogP contribution in [0.3, 0.4) is 0 Å². The highest BCUT2D eigenvalue weighted by atomic mass is 35.5. The summed E-state index contributed by atoms with van der Waals surface area (Å²) in [6.07, 6.45) is 11.3. The van der Waals surface area contributed by atoms with Crippen LogP contribution in [0.4, 0.5) is 4.79 Å². The van der Waals surface area contributed by atoms with Gasteiger partial charge in [-0.15, -0.1) is 0 Å². The minimum Gasteiger partial charge on any atom is -0.332 e. The summed E-state index contributed by atoms with van der Waals surface area (Å²) in [5, 5.41) is 6.87. The normalized spacial score (nSPS) is 34.7. The zero-order chi connectivity index (χ0) is 15.9. The molecule has 3 nitrogen and oxygen atoms in total. The van der Waals surface area contributed by atoms with Gasteiger partial charge in [-0.05, 0) is 80.1 Å². The lowest BCUT2D eigenvalue weighted by atomic mass is 9.53. The van der Waals surface area contributed by atoms with Gasteiger partial charge in [0.25, 0.3) is 0 Å². The second kappa shape index (κ2) is 5.86. The van der Waals surface area contributed by atoms with Crippen LogP contribution >= 0.6 is 11.6 Å². The van der Waals surface area contributed by atoms with Gasteiger partial charge in [0, 0.05) is 16.8 Å². The molecule has 23 heavy (non-hydrogen) atoms. The summed E-state index contributed by atoms with van der Waals surface area (Å²) in [5.41, 5.74) is 1.08. The molecule has 0 unspecified atom stereocenters. The summed E-state index contributed by atoms with van der Waals surface area (Å²) in [6, 6.07) is 7.47. The van der Waals surface area contributed by atoms with Gasteiger partial charge in [0.2, 0.25) is 0 Å². The second-order valence-corrected chi connectivity index (χ2v) is 8.12. The largest absolute Gasteiger partial charge is 0.332 e. The number of nitrogens with one attached hydrogen (secondary N) is 2. The molecule has 4 heteroatoms. The third-order valence-electron chi connectivity index (χ3n) is 5.78. The summed E-state index contributed by atoms with van der Waals surface area (Å²) in [5.74, 6) is 2.52. The number of amides is 2. The van der Waals surface area contributed by atoms with E-state index < -0.39 is 0 Å². The van der Waals surface area contributed by atoms with Gasteiger partial charge in [0.05, 0.1) is 0 Å². The molecule has 0 aromatic heterocycles. The monoisotopic (exact) mass is 330 g/mol. The second-order valence-electron chi connectivity index (χ2n) is 7.68. The van der Waals surface area contributed by atoms with E-state index in [9.17, 15) is 4.79 Å². The van der Waals surface area contributed by atoms with Crippen LogP contribution in [-0.4, -0.2) is 11.6 Å². The van der Waals surface area contributed by atoms with E-state index >= 15 is 0 Å². The molecule has 0 radical (unpaired) electrons. The Morgan fingerprint density at radius 3 is 2.17 bits per heavy atom. The minimum absolute atomic E-state index is 0.0624. The van der Waals surface area contributed by atoms with Gasteiger partial charge in [0.1, 0.15) is 0 Å². The van der Waals surface area contributed by atoms with E-state index in [2.05, 4.69) is 10.6 Å². The van der Waals surface area contributed by atoms with Crippen molar-refractivity contribution in [3.8, 4) is 0 Å². The molecule has 0 saturated heterocycles. The smallest absolute Gasteiger partial charge is 0.319 e. The van der Waals surface area contributed by atoms with Gasteiger partial charge >= 0.3 is 6.03 Å². The lowest BCUT2D eigenvalue weighted by molar-refractivity contribution is -0.0133. The van der Waals surface area contributed by atoms with Crippen LogP contribution in [0.1, 0.15) is 44.1 Å². The number of hydrogen-bond acceptors (Lipinski definition) is 1. The number of carbonyl (C=O) groups excluding carboxylic acids is 1. The topological polar surface area (TPSA) is 41.1 Å². The highest BCUT2D eigenvalue weighted by Gasteiger charge is 2.51. The van der Waals surface area contributed by atoms with E-state index in [0.29, 0.717) is 0 Å². The number of rotatable bonds is 3. The van der Waals surface area contributed by atoms with E-state index in [1.165, 1.54) is 38.5 Å². The SMILES string of the molecule is O=C(N/C=C/c1ccc(Cl)cc1)NC12CC3CC(CC(C3)C1)C2. The third kappa shape index (κ3) is 3.25. The van der Waals surface area contributed by atoms with Crippen LogP contribution in [0.25, 0.3) is 6.08 Å². The summed E-state index contributed by atoms with van der Waals surface area (Å²) in [6.45, 7) is 0. The van der Waals surface area contributed by atoms with Gasteiger partial charge < -0.3 is 10.6 Å². The molecule has 122 valence electrons. The standard InChI is InChI=1S/C19H23ClN2O/c20-17-3-1-13(2-4-17)5-6-21-18(23)22-19-10-14-7-15(11-19)9-16(8-14)12-19/h1-6,14-16H,7-12H2,(H2,21,22,23)/b6-5+. The molecule has 2 N–H and O–H groups in total. The number of urea groups is 1. The van der Waals surface area contributed by atoms with Crippen molar-refractivity contribution in [2.24, 2.45) is 17.8 Å². The summed E-state index contributed by atoms with van der Waals surface area (Å²) < 4.78 is 0. The Labute approximate surface area is 142 Å². The fourth-order valence-electron chi connectivity index (χ4n) is 5.33. The quantitative estimate of drug-likeness (QED) is 0.836. The highest BCUT2D eigenvalue weighted by Crippen LogP contribution is 2.55. The van der Waals surface area contributed by atoms with Crippen molar-refractivity contribution in [1.29, 1.82) is 0 Å². The fraction of sp³-hybridized carbons (Fsp3) is 0.526. The van der Waals surface area contributed by atoms with Crippen molar-refractivity contribution < 1.29 is 4.79 Å². The highest BCUT2D eigenvalue weighted by molar-refractivity contribution is 6.30. The maximum absolute atomic E-state index is 12.3. The van der Waals surface area contributed by atoms with Crippen molar-refractivity contribution in [3.05, 3.63) is 41.1 Å². The summed E-state index contributed by atoms with van der Waals surface area (Å²) in [7, 11) is 0. The molecule has 1 aromatic carbocycles. The van der Waals surface area contributed by atoms with Gasteiger partial charge in [-0.25, -0.2) is 4.79 Å². The van der Waals surface area contributed by atoms with E-state index in [0.717, 1.165) is 28.3 Å². The first-order valence-corrected chi connectivity index (χ1v) is 8.99. The van der Waals surface area contributed by atoms with Gasteiger partial charge in [-0.1, -0.05) is 23.7 Å². The Balaban J connectivity index is 1.34. The van der Waals surface area contributed by atoms with Crippen LogP contribution in [0, 0.1) is 17.8 Å². The van der Waals surface area contributed by atoms with Crippen molar-refractivity contribution in [3.63, 3.8) is 0 Å². The molecule has 0 heterocycles. The van der Waals surface area contributed by atoms with Crippen molar-refractivity contribution in [2.45, 2.75) is 44.1 Å². The summed E-state index contributed by atoms with van der Waals surface area (Å²) in [4.78, 5) is 12.3. The van der Waals surface area contributed by atoms with Crippen LogP contribution in [0.15, 0.2) is 30.5 Å². The fourth-order valence-corrected chi connectivity index (χ4v) is 5.45. The number of carbonyl (C=O) groups is 1. The molecule has 2 amide bonds. The van der Waals surface area contributed by atoms with E-state index in [1.807, 2.05) is 30.3 Å². The van der Waals surface area contributed by atoms with Crippen LogP contribution < -0.4 is 10.6 Å². The molecule has 0 aliphatic heterocycles. The number of hydrogen-bond donors (Lipinski definition) is 2. The molecule has 1 aromatic rings. The Bertz CT molecular complexity index is 587. The Hall–Kier alpha value is -1.48. The maximum Gasteiger partial charge on any atom is 0.319 e. The van der Waals surface area contributed by atoms with Crippen molar-refractivity contribution >= 4 is 23.7 Å². The molecule has 0 atom stereocenters. The lowest BCUT2D eigenvalue weighted by Crippen LogP contribution is -2.61. The molecule has 4 aliphatic carbocycles. The van der Waals surface area contributed by atoms with Crippen LogP contribution in [0.5, 0.6) is 0 Å². The van der Waals surface area contributed by atoms with E-state index in [1.54, 1.807) is 6.20 Å². The molecule has 0 spiro atoms. The lowest BCUT2D eigenvalue weighted by Gasteiger charge is -2.56. The third-order valence-corrected chi connectivity index (χ3v) is 6.03. The Morgan fingerprint density at radius 2 is 1.61 bits per heavy atom. The predicted octanol–water partition coefficient (Wildman–Crippen LogP) is 4.58. The molecule has 4 bridgehead atoms. The zero-order valence-corrected chi connectivity index (χ0v) is 14.0. The molecule has 4 aliphatic rings. The average molecular weight is 331 g/mol. The molecular formula is C19H23ClN2O. The number of halogens is 1. The van der Waals surface area contributed by atoms with Gasteiger partial charge in [0.15, 0.2) is 0 Å². The van der Waals surface area contributed by atoms with E-state index in [4.69, 9.17) is 11.6 Å². The average Bonchev–Trinajstić information content (AvgIpc) is 2.47. The Kier molecular flexibility index (Phi) is 3.84. The maximum atomic E-state index is 12.3. The van der Waals surface area contributed by atoms with Gasteiger partial charge in [-0.2, -0.15) is 0 Å². The Morgan fingerprint density at radius 1 is 1.04 bits per heavy atom. The zero-order valence-electron chi connectivity index (χ0n) is 13.2. The number of benzene rings is 1. The van der Waals surface area contributed by atoms with E-state index in [-0.39, 0.29) is 11.6 Å². The van der Waals surface area contributed by atoms with Gasteiger partial charge in [-0.3, -0.25) is 0 Å². The first-order chi connectivity index (χ1) is 11.1. The molecule has 5 rings (SSSR count). The first kappa shape index (κ1) is 15.1. The van der Waals surface area contributed by atoms with Crippen LogP contribution in [0.2, 0.25) is 5.02 Å². The molecule has 4 saturated carbocycles. The van der Waals surface area contributed by atoms with Crippen LogP contribution in [-0.2, 0) is 0 Å². The molecular weight excluding hydrogens is 308 g/mol. The van der Waals surface area contributed by atoms with Crippen molar-refractivity contribution in [2.75, 3.05) is 0 Å². The summed E-state index contributed by atoms with van der Waals surface area (Å²) >= 11 is 5.86. The minimum atomic E-state index is -0.0721.